The third-order valence-corrected chi connectivity index (χ3v) is 4.22. The van der Waals surface area contributed by atoms with Crippen LogP contribution in [0.4, 0.5) is 5.69 Å². The minimum atomic E-state index is -0.846. The van der Waals surface area contributed by atoms with Gasteiger partial charge >= 0.3 is 5.97 Å². The van der Waals surface area contributed by atoms with E-state index in [1.54, 1.807) is 6.07 Å². The number of hydrogen-bond acceptors (Lipinski definition) is 2. The topological polar surface area (TPSA) is 40.5 Å². The number of aryl methyl sites for hydroxylation is 1. The molecule has 1 fully saturated rings. The number of carboxylic acid groups (broad SMARTS) is 1. The van der Waals surface area contributed by atoms with Gasteiger partial charge in [-0.1, -0.05) is 25.7 Å². The number of carbonyl (C=O) groups is 1. The summed E-state index contributed by atoms with van der Waals surface area (Å²) < 4.78 is 0. The number of aromatic carboxylic acids is 1. The molecule has 19 heavy (non-hydrogen) atoms. The van der Waals surface area contributed by atoms with Crippen LogP contribution in [0.2, 0.25) is 0 Å². The molecule has 1 aromatic rings. The van der Waals surface area contributed by atoms with Gasteiger partial charge in [-0.05, 0) is 43.5 Å². The Bertz CT molecular complexity index is 448. The summed E-state index contributed by atoms with van der Waals surface area (Å²) in [6, 6.07) is 6.24. The molecule has 104 valence electrons. The first-order valence-corrected chi connectivity index (χ1v) is 7.16. The molecular formula is C16H23NO2. The molecule has 1 saturated carbocycles. The third-order valence-electron chi connectivity index (χ3n) is 4.22. The van der Waals surface area contributed by atoms with Gasteiger partial charge in [-0.25, -0.2) is 4.79 Å². The van der Waals surface area contributed by atoms with Crippen molar-refractivity contribution in [1.82, 2.24) is 0 Å². The molecule has 0 spiro atoms. The van der Waals surface area contributed by atoms with E-state index in [0.717, 1.165) is 11.3 Å². The Labute approximate surface area is 115 Å². The van der Waals surface area contributed by atoms with Crippen molar-refractivity contribution in [2.75, 3.05) is 11.9 Å². The second-order valence-corrected chi connectivity index (χ2v) is 5.56. The van der Waals surface area contributed by atoms with E-state index < -0.39 is 5.97 Å². The molecule has 0 amide bonds. The standard InChI is InChI=1S/C16H23NO2/c1-12-11-14(9-10-15(12)16(18)19)17(2)13-7-5-3-4-6-8-13/h9-11,13H,3-8H2,1-2H3,(H,18,19). The molecular weight excluding hydrogens is 238 g/mol. The van der Waals surface area contributed by atoms with Gasteiger partial charge in [0.25, 0.3) is 0 Å². The molecule has 0 aliphatic heterocycles. The molecule has 1 aromatic carbocycles. The van der Waals surface area contributed by atoms with Crippen molar-refractivity contribution in [1.29, 1.82) is 0 Å². The predicted octanol–water partition coefficient (Wildman–Crippen LogP) is 3.85. The zero-order chi connectivity index (χ0) is 13.8. The summed E-state index contributed by atoms with van der Waals surface area (Å²) in [6.07, 6.45) is 7.80. The third kappa shape index (κ3) is 3.28. The van der Waals surface area contributed by atoms with E-state index in [1.807, 2.05) is 19.1 Å². The highest BCUT2D eigenvalue weighted by molar-refractivity contribution is 5.89. The van der Waals surface area contributed by atoms with Crippen molar-refractivity contribution in [3.05, 3.63) is 29.3 Å². The number of anilines is 1. The second kappa shape index (κ2) is 6.09. The molecule has 1 aliphatic rings. The Morgan fingerprint density at radius 3 is 2.37 bits per heavy atom. The van der Waals surface area contributed by atoms with E-state index in [2.05, 4.69) is 11.9 Å². The Morgan fingerprint density at radius 1 is 1.21 bits per heavy atom. The Kier molecular flexibility index (Phi) is 4.46. The minimum absolute atomic E-state index is 0.401. The van der Waals surface area contributed by atoms with Crippen LogP contribution >= 0.6 is 0 Å². The van der Waals surface area contributed by atoms with Crippen LogP contribution in [-0.4, -0.2) is 24.2 Å². The monoisotopic (exact) mass is 261 g/mol. The van der Waals surface area contributed by atoms with Crippen LogP contribution in [0.3, 0.4) is 0 Å². The minimum Gasteiger partial charge on any atom is -0.478 e. The zero-order valence-electron chi connectivity index (χ0n) is 11.9. The summed E-state index contributed by atoms with van der Waals surface area (Å²) in [6.45, 7) is 1.87. The molecule has 3 nitrogen and oxygen atoms in total. The summed E-state index contributed by atoms with van der Waals surface area (Å²) in [5, 5.41) is 9.07. The largest absolute Gasteiger partial charge is 0.478 e. The summed E-state index contributed by atoms with van der Waals surface area (Å²) in [4.78, 5) is 13.4. The summed E-state index contributed by atoms with van der Waals surface area (Å²) in [5.41, 5.74) is 2.37. The lowest BCUT2D eigenvalue weighted by Gasteiger charge is -2.29. The van der Waals surface area contributed by atoms with Gasteiger partial charge in [0.15, 0.2) is 0 Å². The van der Waals surface area contributed by atoms with Crippen molar-refractivity contribution >= 4 is 11.7 Å². The number of carboxylic acids is 1. The van der Waals surface area contributed by atoms with Crippen LogP contribution in [0.25, 0.3) is 0 Å². The second-order valence-electron chi connectivity index (χ2n) is 5.56. The van der Waals surface area contributed by atoms with E-state index in [1.165, 1.54) is 38.5 Å². The average molecular weight is 261 g/mol. The fourth-order valence-electron chi connectivity index (χ4n) is 2.96. The number of nitrogens with zero attached hydrogens (tertiary/aromatic N) is 1. The van der Waals surface area contributed by atoms with E-state index in [-0.39, 0.29) is 0 Å². The van der Waals surface area contributed by atoms with E-state index in [9.17, 15) is 4.79 Å². The fraction of sp³-hybridized carbons (Fsp3) is 0.562. The molecule has 1 aliphatic carbocycles. The summed E-state index contributed by atoms with van der Waals surface area (Å²) in [5.74, 6) is -0.846. The van der Waals surface area contributed by atoms with Crippen molar-refractivity contribution in [2.45, 2.75) is 51.5 Å². The average Bonchev–Trinajstić information content (AvgIpc) is 2.66. The lowest BCUT2D eigenvalue weighted by atomic mass is 10.0. The SMILES string of the molecule is Cc1cc(N(C)C2CCCCCC2)ccc1C(=O)O. The Morgan fingerprint density at radius 2 is 1.84 bits per heavy atom. The van der Waals surface area contributed by atoms with Crippen molar-refractivity contribution < 1.29 is 9.90 Å². The molecule has 0 atom stereocenters. The van der Waals surface area contributed by atoms with Gasteiger partial charge in [0, 0.05) is 18.8 Å². The van der Waals surface area contributed by atoms with Gasteiger partial charge in [-0.2, -0.15) is 0 Å². The Hall–Kier alpha value is -1.51. The van der Waals surface area contributed by atoms with Crippen LogP contribution in [-0.2, 0) is 0 Å². The van der Waals surface area contributed by atoms with Crippen molar-refractivity contribution in [3.8, 4) is 0 Å². The molecule has 1 N–H and O–H groups in total. The van der Waals surface area contributed by atoms with Gasteiger partial charge in [-0.3, -0.25) is 0 Å². The molecule has 3 heteroatoms. The normalized spacial score (nSPS) is 16.9. The molecule has 0 heterocycles. The maximum absolute atomic E-state index is 11.0. The first-order chi connectivity index (χ1) is 9.09. The van der Waals surface area contributed by atoms with Crippen LogP contribution in [0.5, 0.6) is 0 Å². The van der Waals surface area contributed by atoms with Gasteiger partial charge < -0.3 is 10.0 Å². The first kappa shape index (κ1) is 13.9. The summed E-state index contributed by atoms with van der Waals surface area (Å²) in [7, 11) is 2.13. The summed E-state index contributed by atoms with van der Waals surface area (Å²) >= 11 is 0. The van der Waals surface area contributed by atoms with Gasteiger partial charge in [0.05, 0.1) is 5.56 Å². The molecule has 0 radical (unpaired) electrons. The highest BCUT2D eigenvalue weighted by atomic mass is 16.4. The van der Waals surface area contributed by atoms with E-state index in [0.29, 0.717) is 11.6 Å². The highest BCUT2D eigenvalue weighted by Crippen LogP contribution is 2.26. The van der Waals surface area contributed by atoms with E-state index in [4.69, 9.17) is 5.11 Å². The smallest absolute Gasteiger partial charge is 0.335 e. The van der Waals surface area contributed by atoms with Crippen LogP contribution in [0.1, 0.15) is 54.4 Å². The molecule has 0 aromatic heterocycles. The van der Waals surface area contributed by atoms with Crippen molar-refractivity contribution in [3.63, 3.8) is 0 Å². The lowest BCUT2D eigenvalue weighted by molar-refractivity contribution is 0.0696. The fourth-order valence-corrected chi connectivity index (χ4v) is 2.96. The maximum atomic E-state index is 11.0. The zero-order valence-corrected chi connectivity index (χ0v) is 11.9. The van der Waals surface area contributed by atoms with E-state index >= 15 is 0 Å². The van der Waals surface area contributed by atoms with Crippen LogP contribution < -0.4 is 4.90 Å². The molecule has 0 unspecified atom stereocenters. The number of hydrogen-bond donors (Lipinski definition) is 1. The first-order valence-electron chi connectivity index (χ1n) is 7.16. The van der Waals surface area contributed by atoms with Crippen LogP contribution in [0.15, 0.2) is 18.2 Å². The van der Waals surface area contributed by atoms with Crippen LogP contribution in [0, 0.1) is 6.92 Å². The lowest BCUT2D eigenvalue weighted by Crippen LogP contribution is -2.31. The number of benzene rings is 1. The van der Waals surface area contributed by atoms with Crippen molar-refractivity contribution in [2.24, 2.45) is 0 Å². The highest BCUT2D eigenvalue weighted by Gasteiger charge is 2.18. The molecule has 0 bridgehead atoms. The van der Waals surface area contributed by atoms with Gasteiger partial charge in [0.2, 0.25) is 0 Å². The maximum Gasteiger partial charge on any atom is 0.335 e. The quantitative estimate of drug-likeness (QED) is 0.840. The molecule has 2 rings (SSSR count). The van der Waals surface area contributed by atoms with Gasteiger partial charge in [-0.15, -0.1) is 0 Å². The van der Waals surface area contributed by atoms with Gasteiger partial charge in [0.1, 0.15) is 0 Å². The Balaban J connectivity index is 2.16. The predicted molar refractivity (Wildman–Crippen MR) is 78.0 cm³/mol. The number of rotatable bonds is 3. The molecule has 0 saturated heterocycles.